The third-order valence-corrected chi connectivity index (χ3v) is 1.94. The number of aromatic nitrogens is 3. The van der Waals surface area contributed by atoms with Crippen molar-refractivity contribution in [3.63, 3.8) is 0 Å². The molecular formula is C11H20N4. The zero-order valence-corrected chi connectivity index (χ0v) is 9.82. The average Bonchev–Trinajstić information content (AvgIpc) is 2.51. The molecule has 15 heavy (non-hydrogen) atoms. The summed E-state index contributed by atoms with van der Waals surface area (Å²) in [5.74, 6) is 1.58. The van der Waals surface area contributed by atoms with Crippen LogP contribution in [0.25, 0.3) is 0 Å². The molecule has 4 heteroatoms. The molecule has 1 N–H and O–H groups in total. The largest absolute Gasteiger partial charge is 0.306 e. The first-order chi connectivity index (χ1) is 7.09. The lowest BCUT2D eigenvalue weighted by atomic mass is 10.2. The van der Waals surface area contributed by atoms with Crippen LogP contribution in [0, 0.1) is 5.92 Å². The summed E-state index contributed by atoms with van der Waals surface area (Å²) >= 11 is 0. The van der Waals surface area contributed by atoms with Crippen LogP contribution >= 0.6 is 0 Å². The molecular weight excluding hydrogens is 188 g/mol. The van der Waals surface area contributed by atoms with Gasteiger partial charge in [-0.2, -0.15) is 5.10 Å². The second-order valence-electron chi connectivity index (χ2n) is 4.31. The van der Waals surface area contributed by atoms with Crippen LogP contribution in [-0.2, 0) is 13.1 Å². The SMILES string of the molecule is C=C(C)CNCc1ncnn1CC(C)C. The maximum atomic E-state index is 4.23. The summed E-state index contributed by atoms with van der Waals surface area (Å²) < 4.78 is 1.95. The summed E-state index contributed by atoms with van der Waals surface area (Å²) in [6.07, 6.45) is 1.61. The highest BCUT2D eigenvalue weighted by atomic mass is 15.3. The molecule has 1 aromatic rings. The Balaban J connectivity index is 2.46. The maximum Gasteiger partial charge on any atom is 0.140 e. The van der Waals surface area contributed by atoms with E-state index in [9.17, 15) is 0 Å². The van der Waals surface area contributed by atoms with Gasteiger partial charge in [0, 0.05) is 13.1 Å². The van der Waals surface area contributed by atoms with E-state index in [-0.39, 0.29) is 0 Å². The molecule has 84 valence electrons. The van der Waals surface area contributed by atoms with Gasteiger partial charge in [-0.15, -0.1) is 0 Å². The van der Waals surface area contributed by atoms with Gasteiger partial charge in [-0.3, -0.25) is 0 Å². The van der Waals surface area contributed by atoms with E-state index in [0.717, 1.165) is 31.0 Å². The van der Waals surface area contributed by atoms with Gasteiger partial charge < -0.3 is 5.32 Å². The molecule has 0 saturated heterocycles. The lowest BCUT2D eigenvalue weighted by Crippen LogP contribution is -2.20. The van der Waals surface area contributed by atoms with Gasteiger partial charge in [-0.05, 0) is 12.8 Å². The van der Waals surface area contributed by atoms with Crippen molar-refractivity contribution in [1.82, 2.24) is 20.1 Å². The summed E-state index contributed by atoms with van der Waals surface area (Å²) in [4.78, 5) is 4.23. The van der Waals surface area contributed by atoms with Crippen LogP contribution in [0.15, 0.2) is 18.5 Å². The predicted octanol–water partition coefficient (Wildman–Crippen LogP) is 1.60. The number of nitrogens with one attached hydrogen (secondary N) is 1. The van der Waals surface area contributed by atoms with E-state index in [2.05, 4.69) is 35.8 Å². The third-order valence-electron chi connectivity index (χ3n) is 1.94. The van der Waals surface area contributed by atoms with E-state index in [1.54, 1.807) is 6.33 Å². The van der Waals surface area contributed by atoms with Crippen molar-refractivity contribution in [3.05, 3.63) is 24.3 Å². The molecule has 0 atom stereocenters. The van der Waals surface area contributed by atoms with Gasteiger partial charge >= 0.3 is 0 Å². The molecule has 0 aliphatic carbocycles. The fourth-order valence-corrected chi connectivity index (χ4v) is 1.31. The fourth-order valence-electron chi connectivity index (χ4n) is 1.31. The topological polar surface area (TPSA) is 42.7 Å². The monoisotopic (exact) mass is 208 g/mol. The molecule has 0 spiro atoms. The van der Waals surface area contributed by atoms with Crippen LogP contribution in [-0.4, -0.2) is 21.3 Å². The Labute approximate surface area is 91.4 Å². The van der Waals surface area contributed by atoms with Crippen LogP contribution in [0.5, 0.6) is 0 Å². The minimum atomic E-state index is 0.589. The Morgan fingerprint density at radius 3 is 2.93 bits per heavy atom. The smallest absolute Gasteiger partial charge is 0.140 e. The van der Waals surface area contributed by atoms with Crippen molar-refractivity contribution < 1.29 is 0 Å². The molecule has 0 amide bonds. The zero-order chi connectivity index (χ0) is 11.3. The molecule has 0 bridgehead atoms. The zero-order valence-electron chi connectivity index (χ0n) is 9.82. The quantitative estimate of drug-likeness (QED) is 0.722. The van der Waals surface area contributed by atoms with Crippen molar-refractivity contribution in [2.24, 2.45) is 5.92 Å². The highest BCUT2D eigenvalue weighted by Crippen LogP contribution is 2.00. The molecule has 0 saturated carbocycles. The molecule has 0 aliphatic rings. The minimum absolute atomic E-state index is 0.589. The van der Waals surface area contributed by atoms with Gasteiger partial charge in [0.25, 0.3) is 0 Å². The normalized spacial score (nSPS) is 10.9. The first kappa shape index (κ1) is 11.9. The second-order valence-corrected chi connectivity index (χ2v) is 4.31. The van der Waals surface area contributed by atoms with E-state index < -0.39 is 0 Å². The van der Waals surface area contributed by atoms with E-state index >= 15 is 0 Å². The lowest BCUT2D eigenvalue weighted by Gasteiger charge is -2.09. The van der Waals surface area contributed by atoms with E-state index in [1.807, 2.05) is 11.6 Å². The number of hydrogen-bond acceptors (Lipinski definition) is 3. The Hall–Kier alpha value is -1.16. The first-order valence-electron chi connectivity index (χ1n) is 5.31. The number of hydrogen-bond donors (Lipinski definition) is 1. The highest BCUT2D eigenvalue weighted by Gasteiger charge is 2.05. The van der Waals surface area contributed by atoms with Crippen LogP contribution in [0.4, 0.5) is 0 Å². The van der Waals surface area contributed by atoms with Crippen molar-refractivity contribution >= 4 is 0 Å². The standard InChI is InChI=1S/C11H20N4/c1-9(2)5-12-6-11-13-8-14-15(11)7-10(3)4/h8,10,12H,1,5-7H2,2-4H3. The van der Waals surface area contributed by atoms with Crippen molar-refractivity contribution in [2.45, 2.75) is 33.9 Å². The van der Waals surface area contributed by atoms with Gasteiger partial charge in [0.05, 0.1) is 6.54 Å². The summed E-state index contributed by atoms with van der Waals surface area (Å²) in [5, 5.41) is 7.48. The molecule has 0 unspecified atom stereocenters. The van der Waals surface area contributed by atoms with Crippen LogP contribution in [0.2, 0.25) is 0 Å². The Bertz CT molecular complexity index is 314. The molecule has 0 aromatic carbocycles. The van der Waals surface area contributed by atoms with Gasteiger partial charge in [-0.25, -0.2) is 9.67 Å². The molecule has 1 heterocycles. The first-order valence-corrected chi connectivity index (χ1v) is 5.31. The van der Waals surface area contributed by atoms with Crippen LogP contribution < -0.4 is 5.32 Å². The summed E-state index contributed by atoms with van der Waals surface area (Å²) in [5.41, 5.74) is 1.13. The van der Waals surface area contributed by atoms with Gasteiger partial charge in [0.1, 0.15) is 12.2 Å². The lowest BCUT2D eigenvalue weighted by molar-refractivity contribution is 0.459. The summed E-state index contributed by atoms with van der Waals surface area (Å²) in [7, 11) is 0. The molecule has 4 nitrogen and oxygen atoms in total. The van der Waals surface area contributed by atoms with Crippen molar-refractivity contribution in [1.29, 1.82) is 0 Å². The highest BCUT2D eigenvalue weighted by molar-refractivity contribution is 4.92. The predicted molar refractivity (Wildman–Crippen MR) is 61.4 cm³/mol. The van der Waals surface area contributed by atoms with Crippen molar-refractivity contribution in [3.8, 4) is 0 Å². The van der Waals surface area contributed by atoms with E-state index in [4.69, 9.17) is 0 Å². The number of nitrogens with zero attached hydrogens (tertiary/aromatic N) is 3. The van der Waals surface area contributed by atoms with Crippen LogP contribution in [0.3, 0.4) is 0 Å². The van der Waals surface area contributed by atoms with Gasteiger partial charge in [0.15, 0.2) is 0 Å². The fraction of sp³-hybridized carbons (Fsp3) is 0.636. The third kappa shape index (κ3) is 4.25. The van der Waals surface area contributed by atoms with Gasteiger partial charge in [-0.1, -0.05) is 26.0 Å². The minimum Gasteiger partial charge on any atom is -0.306 e. The summed E-state index contributed by atoms with van der Waals surface area (Å²) in [6.45, 7) is 12.7. The summed E-state index contributed by atoms with van der Waals surface area (Å²) in [6, 6.07) is 0. The number of rotatable bonds is 6. The van der Waals surface area contributed by atoms with E-state index in [1.165, 1.54) is 0 Å². The Morgan fingerprint density at radius 1 is 1.60 bits per heavy atom. The maximum absolute atomic E-state index is 4.23. The van der Waals surface area contributed by atoms with Gasteiger partial charge in [0.2, 0.25) is 0 Å². The second kappa shape index (κ2) is 5.66. The van der Waals surface area contributed by atoms with Crippen molar-refractivity contribution in [2.75, 3.05) is 6.54 Å². The molecule has 0 aliphatic heterocycles. The Kier molecular flexibility index (Phi) is 4.49. The van der Waals surface area contributed by atoms with E-state index in [0.29, 0.717) is 5.92 Å². The Morgan fingerprint density at radius 2 is 2.33 bits per heavy atom. The molecule has 0 radical (unpaired) electrons. The van der Waals surface area contributed by atoms with Crippen LogP contribution in [0.1, 0.15) is 26.6 Å². The molecule has 1 aromatic heterocycles. The molecule has 1 rings (SSSR count). The molecule has 0 fully saturated rings. The average molecular weight is 208 g/mol.